The van der Waals surface area contributed by atoms with E-state index < -0.39 is 17.7 Å². The van der Waals surface area contributed by atoms with E-state index in [-0.39, 0.29) is 17.9 Å². The van der Waals surface area contributed by atoms with E-state index in [0.717, 1.165) is 16.7 Å². The lowest BCUT2D eigenvalue weighted by Crippen LogP contribution is -2.29. The topological polar surface area (TPSA) is 76.1 Å². The molecule has 186 valence electrons. The van der Waals surface area contributed by atoms with E-state index in [1.54, 1.807) is 31.4 Å². The molecule has 1 heterocycles. The van der Waals surface area contributed by atoms with E-state index in [1.165, 1.54) is 4.90 Å². The number of para-hydroxylation sites is 1. The zero-order chi connectivity index (χ0) is 25.8. The minimum absolute atomic E-state index is 0.0695. The average molecular weight is 486 g/mol. The Labute approximate surface area is 211 Å². The molecule has 1 fully saturated rings. The number of aryl methyl sites for hydroxylation is 1. The minimum Gasteiger partial charge on any atom is -0.507 e. The maximum Gasteiger partial charge on any atom is 0.295 e. The normalized spacial score (nSPS) is 17.0. The number of Topliss-reactive ketones (excluding diaryl/α,β-unsaturated/α-hetero) is 1. The Morgan fingerprint density at radius 1 is 0.972 bits per heavy atom. The molecule has 1 amide bonds. The maximum absolute atomic E-state index is 13.3. The highest BCUT2D eigenvalue weighted by atomic mass is 16.5. The fourth-order valence-electron chi connectivity index (χ4n) is 4.40. The molecule has 1 N–H and O–H groups in total. The van der Waals surface area contributed by atoms with Crippen molar-refractivity contribution in [2.45, 2.75) is 33.4 Å². The number of hydrogen-bond acceptors (Lipinski definition) is 5. The van der Waals surface area contributed by atoms with Crippen LogP contribution in [-0.4, -0.2) is 35.4 Å². The second kappa shape index (κ2) is 10.7. The van der Waals surface area contributed by atoms with Crippen molar-refractivity contribution in [2.24, 2.45) is 5.92 Å². The monoisotopic (exact) mass is 485 g/mol. The van der Waals surface area contributed by atoms with Crippen LogP contribution in [0.25, 0.3) is 5.76 Å². The van der Waals surface area contributed by atoms with Crippen LogP contribution in [0.15, 0.2) is 78.4 Å². The van der Waals surface area contributed by atoms with Gasteiger partial charge >= 0.3 is 0 Å². The Hall–Kier alpha value is -4.06. The van der Waals surface area contributed by atoms with Gasteiger partial charge in [-0.05, 0) is 54.3 Å². The fraction of sp³-hybridized carbons (Fsp3) is 0.267. The summed E-state index contributed by atoms with van der Waals surface area (Å²) in [6.07, 6.45) is 0. The first-order valence-corrected chi connectivity index (χ1v) is 12.0. The summed E-state index contributed by atoms with van der Waals surface area (Å²) in [7, 11) is 1.57. The summed E-state index contributed by atoms with van der Waals surface area (Å²) in [5, 5.41) is 11.3. The molecule has 0 saturated carbocycles. The molecular weight excluding hydrogens is 454 g/mol. The molecule has 1 atom stereocenters. The molecule has 0 aliphatic carbocycles. The molecule has 0 bridgehead atoms. The summed E-state index contributed by atoms with van der Waals surface area (Å²) in [6.45, 7) is 6.80. The summed E-state index contributed by atoms with van der Waals surface area (Å²) in [6, 6.07) is 21.2. The standard InChI is InChI=1S/C30H31NO5/c1-19(2)18-36-23-15-13-21(14-16-23)28(32)26-27(24-11-7-5-9-20(24)3)31(30(34)29(26)33)17-22-10-6-8-12-25(22)35-4/h5-16,19,27,32H,17-18H2,1-4H3/b28-26+. The van der Waals surface area contributed by atoms with Crippen molar-refractivity contribution in [1.82, 2.24) is 4.90 Å². The van der Waals surface area contributed by atoms with Crippen molar-refractivity contribution < 1.29 is 24.2 Å². The van der Waals surface area contributed by atoms with Gasteiger partial charge in [-0.2, -0.15) is 0 Å². The first-order chi connectivity index (χ1) is 17.3. The molecule has 6 heteroatoms. The zero-order valence-electron chi connectivity index (χ0n) is 21.0. The van der Waals surface area contributed by atoms with Crippen LogP contribution in [0.1, 0.15) is 42.1 Å². The highest BCUT2D eigenvalue weighted by Crippen LogP contribution is 2.42. The third-order valence-electron chi connectivity index (χ3n) is 6.27. The first kappa shape index (κ1) is 25.0. The lowest BCUT2D eigenvalue weighted by molar-refractivity contribution is -0.140. The van der Waals surface area contributed by atoms with Gasteiger partial charge in [0.15, 0.2) is 0 Å². The number of carbonyl (C=O) groups is 2. The second-order valence-corrected chi connectivity index (χ2v) is 9.32. The number of carbonyl (C=O) groups excluding carboxylic acids is 2. The van der Waals surface area contributed by atoms with Crippen LogP contribution in [0.4, 0.5) is 0 Å². The van der Waals surface area contributed by atoms with Gasteiger partial charge in [0.05, 0.1) is 31.9 Å². The lowest BCUT2D eigenvalue weighted by atomic mass is 9.92. The number of hydrogen-bond donors (Lipinski definition) is 1. The molecule has 1 aliphatic rings. The number of benzene rings is 3. The molecule has 36 heavy (non-hydrogen) atoms. The minimum atomic E-state index is -0.743. The highest BCUT2D eigenvalue weighted by Gasteiger charge is 2.46. The Morgan fingerprint density at radius 2 is 1.64 bits per heavy atom. The van der Waals surface area contributed by atoms with Crippen LogP contribution in [-0.2, 0) is 16.1 Å². The number of rotatable bonds is 8. The zero-order valence-corrected chi connectivity index (χ0v) is 21.0. The summed E-state index contributed by atoms with van der Waals surface area (Å²) < 4.78 is 11.2. The third-order valence-corrected chi connectivity index (χ3v) is 6.27. The molecule has 1 unspecified atom stereocenters. The van der Waals surface area contributed by atoms with Gasteiger partial charge in [0, 0.05) is 11.1 Å². The van der Waals surface area contributed by atoms with Gasteiger partial charge in [0.2, 0.25) is 0 Å². The predicted octanol–water partition coefficient (Wildman–Crippen LogP) is 5.66. The van der Waals surface area contributed by atoms with E-state index in [9.17, 15) is 14.7 Å². The molecule has 1 aliphatic heterocycles. The van der Waals surface area contributed by atoms with E-state index >= 15 is 0 Å². The molecule has 0 spiro atoms. The van der Waals surface area contributed by atoms with Crippen molar-refractivity contribution in [3.63, 3.8) is 0 Å². The van der Waals surface area contributed by atoms with E-state index in [0.29, 0.717) is 29.6 Å². The fourth-order valence-corrected chi connectivity index (χ4v) is 4.40. The number of amides is 1. The van der Waals surface area contributed by atoms with E-state index in [2.05, 4.69) is 13.8 Å². The quantitative estimate of drug-likeness (QED) is 0.253. The number of ketones is 1. The van der Waals surface area contributed by atoms with E-state index in [4.69, 9.17) is 9.47 Å². The molecule has 0 radical (unpaired) electrons. The third kappa shape index (κ3) is 4.98. The van der Waals surface area contributed by atoms with Crippen molar-refractivity contribution in [3.8, 4) is 11.5 Å². The predicted molar refractivity (Wildman–Crippen MR) is 139 cm³/mol. The van der Waals surface area contributed by atoms with Gasteiger partial charge < -0.3 is 19.5 Å². The first-order valence-electron chi connectivity index (χ1n) is 12.0. The highest BCUT2D eigenvalue weighted by molar-refractivity contribution is 6.46. The number of ether oxygens (including phenoxy) is 2. The second-order valence-electron chi connectivity index (χ2n) is 9.32. The Morgan fingerprint density at radius 3 is 2.31 bits per heavy atom. The van der Waals surface area contributed by atoms with Gasteiger partial charge in [-0.1, -0.05) is 56.3 Å². The summed E-state index contributed by atoms with van der Waals surface area (Å²) in [4.78, 5) is 28.2. The maximum atomic E-state index is 13.3. The number of aliphatic hydroxyl groups is 1. The van der Waals surface area contributed by atoms with Gasteiger partial charge in [0.1, 0.15) is 17.3 Å². The van der Waals surface area contributed by atoms with Gasteiger partial charge in [-0.3, -0.25) is 9.59 Å². The number of nitrogens with zero attached hydrogens (tertiary/aromatic N) is 1. The van der Waals surface area contributed by atoms with Crippen LogP contribution in [0, 0.1) is 12.8 Å². The van der Waals surface area contributed by atoms with Gasteiger partial charge in [-0.25, -0.2) is 0 Å². The molecule has 6 nitrogen and oxygen atoms in total. The van der Waals surface area contributed by atoms with Crippen molar-refractivity contribution in [1.29, 1.82) is 0 Å². The molecule has 3 aromatic rings. The van der Waals surface area contributed by atoms with Crippen LogP contribution in [0.3, 0.4) is 0 Å². The largest absolute Gasteiger partial charge is 0.507 e. The Kier molecular flexibility index (Phi) is 7.44. The van der Waals surface area contributed by atoms with Gasteiger partial charge in [-0.15, -0.1) is 0 Å². The molecular formula is C30H31NO5. The van der Waals surface area contributed by atoms with Crippen LogP contribution < -0.4 is 9.47 Å². The van der Waals surface area contributed by atoms with Crippen LogP contribution >= 0.6 is 0 Å². The average Bonchev–Trinajstić information content (AvgIpc) is 3.12. The van der Waals surface area contributed by atoms with Crippen LogP contribution in [0.5, 0.6) is 11.5 Å². The van der Waals surface area contributed by atoms with Crippen LogP contribution in [0.2, 0.25) is 0 Å². The molecule has 1 saturated heterocycles. The molecule has 0 aromatic heterocycles. The number of likely N-dealkylation sites (tertiary alicyclic amines) is 1. The number of aliphatic hydroxyl groups excluding tert-OH is 1. The Balaban J connectivity index is 1.79. The SMILES string of the molecule is COc1ccccc1CN1C(=O)C(=O)/C(=C(/O)c2ccc(OCC(C)C)cc2)C1c1ccccc1C. The smallest absolute Gasteiger partial charge is 0.295 e. The molecule has 3 aromatic carbocycles. The summed E-state index contributed by atoms with van der Waals surface area (Å²) >= 11 is 0. The molecule has 4 rings (SSSR count). The number of methoxy groups -OCH3 is 1. The summed E-state index contributed by atoms with van der Waals surface area (Å²) in [5.41, 5.74) is 2.98. The Bertz CT molecular complexity index is 1290. The van der Waals surface area contributed by atoms with E-state index in [1.807, 2.05) is 55.5 Å². The summed E-state index contributed by atoms with van der Waals surface area (Å²) in [5.74, 6) is 0.0987. The lowest BCUT2D eigenvalue weighted by Gasteiger charge is -2.27. The van der Waals surface area contributed by atoms with Gasteiger partial charge in [0.25, 0.3) is 11.7 Å². The van der Waals surface area contributed by atoms with Crippen molar-refractivity contribution in [2.75, 3.05) is 13.7 Å². The van der Waals surface area contributed by atoms with Crippen molar-refractivity contribution >= 4 is 17.4 Å². The van der Waals surface area contributed by atoms with Crippen molar-refractivity contribution in [3.05, 3.63) is 101 Å².